The van der Waals surface area contributed by atoms with Gasteiger partial charge < -0.3 is 14.8 Å². The molecule has 1 aliphatic carbocycles. The minimum absolute atomic E-state index is 0.0887. The smallest absolute Gasteiger partial charge is 0.229 e. The van der Waals surface area contributed by atoms with Gasteiger partial charge in [0.1, 0.15) is 0 Å². The van der Waals surface area contributed by atoms with E-state index < -0.39 is 10.0 Å². The first-order valence-corrected chi connectivity index (χ1v) is 13.7. The molecule has 2 aromatic heterocycles. The summed E-state index contributed by atoms with van der Waals surface area (Å²) in [5, 5.41) is 4.14. The Morgan fingerprint density at radius 2 is 1.88 bits per heavy atom. The number of rotatable bonds is 6. The van der Waals surface area contributed by atoms with Crippen LogP contribution in [0.4, 0.5) is 11.4 Å². The Labute approximate surface area is 206 Å². The minimum atomic E-state index is -3.36. The van der Waals surface area contributed by atoms with Crippen LogP contribution in [0.2, 0.25) is 0 Å². The van der Waals surface area contributed by atoms with E-state index in [1.165, 1.54) is 29.8 Å². The lowest BCUT2D eigenvalue weighted by Gasteiger charge is -2.29. The monoisotopic (exact) mass is 495 g/mol. The van der Waals surface area contributed by atoms with Crippen LogP contribution in [0, 0.1) is 20.8 Å². The fourth-order valence-corrected chi connectivity index (χ4v) is 6.03. The third-order valence-corrected chi connectivity index (χ3v) is 7.54. The number of benzene rings is 1. The van der Waals surface area contributed by atoms with Gasteiger partial charge in [0, 0.05) is 29.3 Å². The van der Waals surface area contributed by atoms with E-state index in [1.54, 1.807) is 6.07 Å². The summed E-state index contributed by atoms with van der Waals surface area (Å²) in [4.78, 5) is 6.79. The third-order valence-electron chi connectivity index (χ3n) is 6.64. The zero-order valence-corrected chi connectivity index (χ0v) is 21.4. The summed E-state index contributed by atoms with van der Waals surface area (Å²) in [6, 6.07) is 14.3. The molecule has 2 N–H and O–H groups in total. The first kappa shape index (κ1) is 22.9. The molecule has 1 saturated heterocycles. The van der Waals surface area contributed by atoms with Crippen LogP contribution in [0.25, 0.3) is 0 Å². The molecule has 5 rings (SSSR count). The predicted molar refractivity (Wildman–Crippen MR) is 140 cm³/mol. The summed E-state index contributed by atoms with van der Waals surface area (Å²) in [6.45, 7) is 6.26. The van der Waals surface area contributed by atoms with Gasteiger partial charge in [-0.15, -0.1) is 0 Å². The Hall–Kier alpha value is -2.91. The number of thiocarbonyl (C=S) groups is 1. The molecule has 9 heteroatoms. The van der Waals surface area contributed by atoms with Crippen LogP contribution in [0.15, 0.2) is 48.7 Å². The van der Waals surface area contributed by atoms with Crippen molar-refractivity contribution in [3.63, 3.8) is 0 Å². The van der Waals surface area contributed by atoms with Gasteiger partial charge in [-0.25, -0.2) is 8.42 Å². The number of aromatic nitrogens is 2. The van der Waals surface area contributed by atoms with Gasteiger partial charge in [-0.2, -0.15) is 0 Å². The van der Waals surface area contributed by atoms with Crippen LogP contribution in [-0.4, -0.2) is 29.3 Å². The normalized spacial score (nSPS) is 20.5. The predicted octanol–water partition coefficient (Wildman–Crippen LogP) is 4.69. The lowest BCUT2D eigenvalue weighted by atomic mass is 9.96. The number of aryl methyl sites for hydroxylation is 2. The van der Waals surface area contributed by atoms with Gasteiger partial charge in [-0.1, -0.05) is 6.07 Å². The van der Waals surface area contributed by atoms with Gasteiger partial charge >= 0.3 is 0 Å². The number of pyridine rings is 1. The van der Waals surface area contributed by atoms with Crippen molar-refractivity contribution in [3.05, 3.63) is 76.9 Å². The fourth-order valence-electron chi connectivity index (χ4n) is 5.06. The summed E-state index contributed by atoms with van der Waals surface area (Å²) in [6.07, 6.45) is 5.41. The maximum Gasteiger partial charge on any atom is 0.229 e. The maximum absolute atomic E-state index is 11.8. The third kappa shape index (κ3) is 4.18. The average Bonchev–Trinajstić information content (AvgIpc) is 3.48. The second-order valence-corrected chi connectivity index (χ2v) is 11.4. The highest BCUT2D eigenvalue weighted by Crippen LogP contribution is 2.46. The van der Waals surface area contributed by atoms with E-state index in [4.69, 9.17) is 12.2 Å². The maximum atomic E-state index is 11.8. The fraction of sp³-hybridized carbons (Fsp3) is 0.360. The lowest BCUT2D eigenvalue weighted by Crippen LogP contribution is -2.29. The number of nitrogens with zero attached hydrogens (tertiary/aromatic N) is 3. The Balaban J connectivity index is 1.62. The molecule has 2 aliphatic rings. The van der Waals surface area contributed by atoms with E-state index in [0.29, 0.717) is 16.8 Å². The average molecular weight is 496 g/mol. The van der Waals surface area contributed by atoms with Crippen molar-refractivity contribution in [2.24, 2.45) is 0 Å². The summed E-state index contributed by atoms with van der Waals surface area (Å²) < 4.78 is 28.5. The van der Waals surface area contributed by atoms with Gasteiger partial charge in [0.2, 0.25) is 10.0 Å². The molecule has 0 spiro atoms. The standard InChI is InChI=1S/C25H29N5O2S2/c1-15-13-19(10-11-21(15)28-34(4,31)32)30-24(20-14-16(2)29(17(20)3)18-8-9-18)23(27-25(30)33)22-7-5-6-12-26-22/h5-7,10-14,18,23-24,28H,8-9H2,1-4H3,(H,27,33)/t23-,24-/m1/s1. The highest BCUT2D eigenvalue weighted by molar-refractivity contribution is 7.92. The van der Waals surface area contributed by atoms with Crippen LogP contribution in [0.3, 0.4) is 0 Å². The van der Waals surface area contributed by atoms with Crippen molar-refractivity contribution in [1.29, 1.82) is 0 Å². The number of hydrogen-bond acceptors (Lipinski definition) is 4. The summed E-state index contributed by atoms with van der Waals surface area (Å²) in [5.41, 5.74) is 6.98. The van der Waals surface area contributed by atoms with Crippen LogP contribution in [0.1, 0.15) is 59.2 Å². The van der Waals surface area contributed by atoms with Gasteiger partial charge in [0.25, 0.3) is 0 Å². The zero-order valence-electron chi connectivity index (χ0n) is 19.7. The Morgan fingerprint density at radius 1 is 1.12 bits per heavy atom. The van der Waals surface area contributed by atoms with Gasteiger partial charge in [-0.3, -0.25) is 9.71 Å². The van der Waals surface area contributed by atoms with Gasteiger partial charge in [0.15, 0.2) is 5.11 Å². The molecule has 1 aromatic carbocycles. The molecular weight excluding hydrogens is 466 g/mol. The number of nitrogens with one attached hydrogen (secondary N) is 2. The Bertz CT molecular complexity index is 1360. The highest BCUT2D eigenvalue weighted by Gasteiger charge is 2.43. The molecule has 34 heavy (non-hydrogen) atoms. The molecule has 0 radical (unpaired) electrons. The van der Waals surface area contributed by atoms with Crippen molar-refractivity contribution >= 4 is 38.7 Å². The van der Waals surface area contributed by atoms with E-state index >= 15 is 0 Å². The molecule has 2 fully saturated rings. The van der Waals surface area contributed by atoms with Crippen LogP contribution < -0.4 is 14.9 Å². The minimum Gasteiger partial charge on any atom is -0.351 e. The molecule has 2 atom stereocenters. The Morgan fingerprint density at radius 3 is 2.50 bits per heavy atom. The largest absolute Gasteiger partial charge is 0.351 e. The van der Waals surface area contributed by atoms with Gasteiger partial charge in [-0.05, 0) is 93.4 Å². The summed E-state index contributed by atoms with van der Waals surface area (Å²) >= 11 is 5.86. The van der Waals surface area contributed by atoms with Crippen molar-refractivity contribution in [1.82, 2.24) is 14.9 Å². The number of hydrogen-bond donors (Lipinski definition) is 2. The topological polar surface area (TPSA) is 79.3 Å². The lowest BCUT2D eigenvalue weighted by molar-refractivity contribution is 0.562. The summed E-state index contributed by atoms with van der Waals surface area (Å²) in [5.74, 6) is 0. The van der Waals surface area contributed by atoms with Crippen molar-refractivity contribution in [2.75, 3.05) is 15.9 Å². The summed E-state index contributed by atoms with van der Waals surface area (Å²) in [7, 11) is -3.36. The quantitative estimate of drug-likeness (QED) is 0.483. The van der Waals surface area contributed by atoms with E-state index in [0.717, 1.165) is 23.2 Å². The van der Waals surface area contributed by atoms with Crippen molar-refractivity contribution < 1.29 is 8.42 Å². The zero-order chi connectivity index (χ0) is 24.2. The number of anilines is 2. The second-order valence-electron chi connectivity index (χ2n) is 9.30. The molecule has 7 nitrogen and oxygen atoms in total. The van der Waals surface area contributed by atoms with Crippen molar-refractivity contribution in [3.8, 4) is 0 Å². The van der Waals surface area contributed by atoms with E-state index in [2.05, 4.69) is 44.4 Å². The van der Waals surface area contributed by atoms with Crippen molar-refractivity contribution in [2.45, 2.75) is 51.7 Å². The van der Waals surface area contributed by atoms with E-state index in [-0.39, 0.29) is 12.1 Å². The molecule has 0 bridgehead atoms. The first-order chi connectivity index (χ1) is 16.1. The van der Waals surface area contributed by atoms with E-state index in [9.17, 15) is 8.42 Å². The number of sulfonamides is 1. The van der Waals surface area contributed by atoms with Gasteiger partial charge in [0.05, 0.1) is 29.7 Å². The van der Waals surface area contributed by atoms with E-state index in [1.807, 2.05) is 43.5 Å². The Kier molecular flexibility index (Phi) is 5.64. The SMILES string of the molecule is Cc1cc(N2C(=S)N[C@H](c3ccccn3)[C@H]2c2cc(C)n(C3CC3)c2C)ccc1NS(C)(=O)=O. The molecule has 1 aliphatic heterocycles. The molecule has 3 aromatic rings. The molecular formula is C25H29N5O2S2. The molecule has 178 valence electrons. The van der Waals surface area contributed by atoms with Crippen LogP contribution >= 0.6 is 12.2 Å². The second kappa shape index (κ2) is 8.39. The highest BCUT2D eigenvalue weighted by atomic mass is 32.2. The first-order valence-electron chi connectivity index (χ1n) is 11.4. The molecule has 1 saturated carbocycles. The molecule has 3 heterocycles. The molecule has 0 unspecified atom stereocenters. The van der Waals surface area contributed by atoms with Crippen LogP contribution in [-0.2, 0) is 10.0 Å². The molecule has 0 amide bonds. The van der Waals surface area contributed by atoms with Crippen LogP contribution in [0.5, 0.6) is 0 Å².